The number of rotatable bonds is 4. The first-order valence-corrected chi connectivity index (χ1v) is 10.3. The van der Waals surface area contributed by atoms with E-state index >= 15 is 0 Å². The topological polar surface area (TPSA) is 174 Å². The molecule has 0 bridgehead atoms. The van der Waals surface area contributed by atoms with Gasteiger partial charge in [0.15, 0.2) is 5.75 Å². The van der Waals surface area contributed by atoms with Gasteiger partial charge in [-0.1, -0.05) is 18.2 Å². The van der Waals surface area contributed by atoms with Gasteiger partial charge in [-0.05, 0) is 29.7 Å². The molecule has 4 N–H and O–H groups in total. The third-order valence-electron chi connectivity index (χ3n) is 3.70. The standard InChI is InChI=1S/C16H12N2O8S2.Na/c19-12-8-11(27(21,22)23)6-9-7-13(28(24,25)26)15(16(20)14(9)12)18-17-10-4-2-1-3-5-10;/h1-8,19-20H,(H,21,22,23)(H,24,25,26);/q;+1. The van der Waals surface area contributed by atoms with Crippen molar-refractivity contribution in [2.75, 3.05) is 0 Å². The number of benzene rings is 3. The maximum absolute atomic E-state index is 11.7. The van der Waals surface area contributed by atoms with Crippen molar-refractivity contribution in [2.45, 2.75) is 9.79 Å². The summed E-state index contributed by atoms with van der Waals surface area (Å²) in [5, 5.41) is 27.3. The van der Waals surface area contributed by atoms with Crippen LogP contribution in [0.4, 0.5) is 11.4 Å². The minimum absolute atomic E-state index is 0. The second kappa shape index (κ2) is 8.36. The van der Waals surface area contributed by atoms with E-state index in [0.29, 0.717) is 11.8 Å². The third kappa shape index (κ3) is 4.93. The van der Waals surface area contributed by atoms with Gasteiger partial charge in [-0.25, -0.2) is 0 Å². The van der Waals surface area contributed by atoms with Crippen LogP contribution in [0.2, 0.25) is 0 Å². The zero-order chi connectivity index (χ0) is 20.7. The number of aromatic hydroxyl groups is 2. The summed E-state index contributed by atoms with van der Waals surface area (Å²) in [5.74, 6) is -1.62. The van der Waals surface area contributed by atoms with Gasteiger partial charge >= 0.3 is 29.6 Å². The van der Waals surface area contributed by atoms with E-state index in [2.05, 4.69) is 10.2 Å². The molecule has 0 heterocycles. The van der Waals surface area contributed by atoms with Crippen LogP contribution in [0.3, 0.4) is 0 Å². The summed E-state index contributed by atoms with van der Waals surface area (Å²) in [6, 6.07) is 10.4. The summed E-state index contributed by atoms with van der Waals surface area (Å²) >= 11 is 0. The second-order valence-electron chi connectivity index (χ2n) is 5.60. The van der Waals surface area contributed by atoms with Crippen molar-refractivity contribution in [3.63, 3.8) is 0 Å². The molecule has 146 valence electrons. The average Bonchev–Trinajstić information content (AvgIpc) is 2.59. The quantitative estimate of drug-likeness (QED) is 0.249. The van der Waals surface area contributed by atoms with Crippen LogP contribution in [0.15, 0.2) is 68.6 Å². The summed E-state index contributed by atoms with van der Waals surface area (Å²) in [4.78, 5) is -1.61. The number of nitrogens with zero attached hydrogens (tertiary/aromatic N) is 2. The Morgan fingerprint density at radius 2 is 1.41 bits per heavy atom. The Labute approximate surface area is 187 Å². The van der Waals surface area contributed by atoms with Crippen LogP contribution in [-0.2, 0) is 20.2 Å². The molecule has 0 aliphatic heterocycles. The molecule has 0 unspecified atom stereocenters. The number of hydrogen-bond acceptors (Lipinski definition) is 8. The fourth-order valence-corrected chi connectivity index (χ4v) is 3.68. The monoisotopic (exact) mass is 447 g/mol. The molecular weight excluding hydrogens is 435 g/mol. The van der Waals surface area contributed by atoms with E-state index in [9.17, 15) is 31.6 Å². The van der Waals surface area contributed by atoms with E-state index in [-0.39, 0.29) is 40.3 Å². The van der Waals surface area contributed by atoms with E-state index in [0.717, 1.165) is 12.1 Å². The molecule has 3 aromatic carbocycles. The van der Waals surface area contributed by atoms with E-state index in [1.807, 2.05) is 0 Å². The molecule has 0 aliphatic rings. The van der Waals surface area contributed by atoms with Gasteiger partial charge in [0.2, 0.25) is 0 Å². The maximum atomic E-state index is 11.7. The normalized spacial score (nSPS) is 12.2. The van der Waals surface area contributed by atoms with Crippen LogP contribution < -0.4 is 29.6 Å². The second-order valence-corrected chi connectivity index (χ2v) is 8.41. The smallest absolute Gasteiger partial charge is 0.507 e. The summed E-state index contributed by atoms with van der Waals surface area (Å²) < 4.78 is 64.7. The SMILES string of the molecule is O=S(=O)(O)c1cc(O)c2c(O)c(N=Nc3ccccc3)c(S(=O)(=O)O)cc2c1.[Na+]. The Bertz CT molecular complexity index is 1320. The molecule has 3 aromatic rings. The fourth-order valence-electron chi connectivity index (χ4n) is 2.48. The first kappa shape index (κ1) is 23.2. The van der Waals surface area contributed by atoms with Crippen molar-refractivity contribution >= 4 is 42.4 Å². The Hall–Kier alpha value is -2.06. The Morgan fingerprint density at radius 1 is 0.793 bits per heavy atom. The van der Waals surface area contributed by atoms with Gasteiger partial charge in [-0.3, -0.25) is 9.11 Å². The van der Waals surface area contributed by atoms with Gasteiger partial charge in [-0.2, -0.15) is 21.9 Å². The van der Waals surface area contributed by atoms with Crippen molar-refractivity contribution in [3.05, 3.63) is 48.5 Å². The maximum Gasteiger partial charge on any atom is 1.00 e. The summed E-state index contributed by atoms with van der Waals surface area (Å²) in [6.07, 6.45) is 0. The molecule has 0 radical (unpaired) electrons. The minimum atomic E-state index is -4.92. The van der Waals surface area contributed by atoms with Crippen LogP contribution in [0.25, 0.3) is 10.8 Å². The molecule has 0 spiro atoms. The van der Waals surface area contributed by atoms with Crippen molar-refractivity contribution in [3.8, 4) is 11.5 Å². The molecule has 0 saturated heterocycles. The molecule has 0 aliphatic carbocycles. The van der Waals surface area contributed by atoms with Crippen LogP contribution >= 0.6 is 0 Å². The fraction of sp³-hybridized carbons (Fsp3) is 0. The van der Waals surface area contributed by atoms with Gasteiger partial charge < -0.3 is 10.2 Å². The number of azo groups is 1. The molecule has 0 atom stereocenters. The van der Waals surface area contributed by atoms with E-state index < -0.39 is 47.2 Å². The van der Waals surface area contributed by atoms with Gasteiger partial charge in [0, 0.05) is 6.07 Å². The summed E-state index contributed by atoms with van der Waals surface area (Å²) in [7, 11) is -9.65. The molecule has 0 amide bonds. The Balaban J connectivity index is 0.00000300. The predicted molar refractivity (Wildman–Crippen MR) is 97.5 cm³/mol. The third-order valence-corrected chi connectivity index (χ3v) is 5.40. The molecule has 29 heavy (non-hydrogen) atoms. The van der Waals surface area contributed by atoms with Crippen LogP contribution in [-0.4, -0.2) is 36.2 Å². The minimum Gasteiger partial charge on any atom is -0.507 e. The molecule has 0 fully saturated rings. The molecule has 0 saturated carbocycles. The van der Waals surface area contributed by atoms with Crippen molar-refractivity contribution in [2.24, 2.45) is 10.2 Å². The largest absolute Gasteiger partial charge is 1.00 e. The van der Waals surface area contributed by atoms with Crippen LogP contribution in [0.5, 0.6) is 11.5 Å². The number of phenolic OH excluding ortho intramolecular Hbond substituents is 2. The molecule has 0 aromatic heterocycles. The molecular formula is C16H12N2NaO8S2+. The van der Waals surface area contributed by atoms with Gasteiger partial charge in [0.1, 0.15) is 16.3 Å². The predicted octanol–water partition coefficient (Wildman–Crippen LogP) is 0.164. The van der Waals surface area contributed by atoms with E-state index in [4.69, 9.17) is 4.55 Å². The zero-order valence-electron chi connectivity index (χ0n) is 14.8. The molecule has 13 heteroatoms. The van der Waals surface area contributed by atoms with Gasteiger partial charge in [0.05, 0.1) is 16.0 Å². The average molecular weight is 447 g/mol. The van der Waals surface area contributed by atoms with Gasteiger partial charge in [0.25, 0.3) is 20.2 Å². The zero-order valence-corrected chi connectivity index (χ0v) is 18.4. The van der Waals surface area contributed by atoms with Crippen LogP contribution in [0.1, 0.15) is 0 Å². The van der Waals surface area contributed by atoms with Crippen molar-refractivity contribution in [1.29, 1.82) is 0 Å². The molecule has 3 rings (SSSR count). The summed E-state index contributed by atoms with van der Waals surface area (Å²) in [5.41, 5.74) is -0.344. The first-order valence-electron chi connectivity index (χ1n) is 7.43. The van der Waals surface area contributed by atoms with Crippen molar-refractivity contribution < 1.29 is 65.7 Å². The van der Waals surface area contributed by atoms with E-state index in [1.165, 1.54) is 0 Å². The number of hydrogen-bond donors (Lipinski definition) is 4. The van der Waals surface area contributed by atoms with E-state index in [1.54, 1.807) is 30.3 Å². The van der Waals surface area contributed by atoms with Gasteiger partial charge in [-0.15, -0.1) is 5.11 Å². The molecule has 10 nitrogen and oxygen atoms in total. The summed E-state index contributed by atoms with van der Waals surface area (Å²) in [6.45, 7) is 0. The Kier molecular flexibility index (Phi) is 6.69. The number of fused-ring (bicyclic) bond motifs is 1. The Morgan fingerprint density at radius 3 is 1.97 bits per heavy atom. The number of phenols is 2. The van der Waals surface area contributed by atoms with Crippen molar-refractivity contribution in [1.82, 2.24) is 0 Å². The first-order chi connectivity index (χ1) is 13.0. The van der Waals surface area contributed by atoms with Crippen LogP contribution in [0, 0.1) is 0 Å².